The van der Waals surface area contributed by atoms with E-state index in [0.29, 0.717) is 18.5 Å². The van der Waals surface area contributed by atoms with Gasteiger partial charge in [-0.25, -0.2) is 0 Å². The first-order valence-electron chi connectivity index (χ1n) is 5.32. The van der Waals surface area contributed by atoms with E-state index in [4.69, 9.17) is 5.26 Å². The molecule has 0 radical (unpaired) electrons. The third kappa shape index (κ3) is 2.02. The van der Waals surface area contributed by atoms with Crippen LogP contribution in [0.2, 0.25) is 0 Å². The van der Waals surface area contributed by atoms with Crippen molar-refractivity contribution in [2.45, 2.75) is 32.4 Å². The van der Waals surface area contributed by atoms with Gasteiger partial charge in [0.15, 0.2) is 0 Å². The fraction of sp³-hybridized carbons (Fsp3) is 0.636. The van der Waals surface area contributed by atoms with E-state index in [2.05, 4.69) is 36.1 Å². The molecule has 1 aromatic rings. The van der Waals surface area contributed by atoms with Gasteiger partial charge in [-0.1, -0.05) is 0 Å². The van der Waals surface area contributed by atoms with E-state index in [9.17, 15) is 0 Å². The second kappa shape index (κ2) is 4.03. The van der Waals surface area contributed by atoms with Crippen LogP contribution in [0.15, 0.2) is 12.4 Å². The van der Waals surface area contributed by atoms with Crippen LogP contribution < -0.4 is 0 Å². The van der Waals surface area contributed by atoms with Crippen LogP contribution in [0.4, 0.5) is 0 Å². The van der Waals surface area contributed by atoms with Gasteiger partial charge in [0.1, 0.15) is 0 Å². The van der Waals surface area contributed by atoms with Crippen molar-refractivity contribution in [3.63, 3.8) is 0 Å². The maximum atomic E-state index is 8.60. The van der Waals surface area contributed by atoms with Crippen molar-refractivity contribution in [2.24, 2.45) is 0 Å². The number of nitrogens with zero attached hydrogens (tertiary/aromatic N) is 4. The summed E-state index contributed by atoms with van der Waals surface area (Å²) in [6.07, 6.45) is 4.59. The van der Waals surface area contributed by atoms with E-state index in [1.54, 1.807) is 0 Å². The largest absolute Gasteiger partial charge is 0.295 e. The van der Waals surface area contributed by atoms with Crippen molar-refractivity contribution in [1.82, 2.24) is 14.7 Å². The zero-order valence-corrected chi connectivity index (χ0v) is 9.22. The first kappa shape index (κ1) is 10.2. The van der Waals surface area contributed by atoms with Crippen LogP contribution in [-0.2, 0) is 0 Å². The molecule has 0 spiro atoms. The van der Waals surface area contributed by atoms with Gasteiger partial charge >= 0.3 is 0 Å². The maximum Gasteiger partial charge on any atom is 0.0773 e. The lowest BCUT2D eigenvalue weighted by atomic mass is 10.0. The normalized spacial score (nSPS) is 19.5. The molecule has 1 saturated heterocycles. The van der Waals surface area contributed by atoms with Crippen LogP contribution in [0, 0.1) is 18.3 Å². The fourth-order valence-corrected chi connectivity index (χ4v) is 1.91. The molecule has 0 amide bonds. The first-order valence-corrected chi connectivity index (χ1v) is 5.32. The predicted octanol–water partition coefficient (Wildman–Crippen LogP) is 1.35. The Hall–Kier alpha value is -1.34. The van der Waals surface area contributed by atoms with Crippen molar-refractivity contribution in [3.8, 4) is 6.07 Å². The quantitative estimate of drug-likeness (QED) is 0.746. The summed E-state index contributed by atoms with van der Waals surface area (Å²) in [5.74, 6) is 0. The molecule has 1 fully saturated rings. The van der Waals surface area contributed by atoms with Crippen LogP contribution in [0.1, 0.15) is 24.9 Å². The van der Waals surface area contributed by atoms with E-state index >= 15 is 0 Å². The highest BCUT2D eigenvalue weighted by atomic mass is 15.4. The van der Waals surface area contributed by atoms with Crippen LogP contribution in [0.25, 0.3) is 0 Å². The molecule has 1 unspecified atom stereocenters. The van der Waals surface area contributed by atoms with Crippen LogP contribution in [0.3, 0.4) is 0 Å². The number of aromatic nitrogens is 2. The van der Waals surface area contributed by atoms with Crippen LogP contribution >= 0.6 is 0 Å². The third-order valence-corrected chi connectivity index (χ3v) is 3.01. The summed E-state index contributed by atoms with van der Waals surface area (Å²) in [5.41, 5.74) is 1.21. The SMILES string of the molecule is Cc1cnn(C2CN(C(C)CC#N)C2)c1. The van der Waals surface area contributed by atoms with Crippen molar-refractivity contribution < 1.29 is 0 Å². The van der Waals surface area contributed by atoms with Crippen molar-refractivity contribution in [1.29, 1.82) is 5.26 Å². The molecular weight excluding hydrogens is 188 g/mol. The van der Waals surface area contributed by atoms with Crippen LogP contribution in [0.5, 0.6) is 0 Å². The van der Waals surface area contributed by atoms with Crippen LogP contribution in [-0.4, -0.2) is 33.8 Å². The van der Waals surface area contributed by atoms with Gasteiger partial charge in [-0.3, -0.25) is 9.58 Å². The van der Waals surface area contributed by atoms with Gasteiger partial charge in [0.2, 0.25) is 0 Å². The summed E-state index contributed by atoms with van der Waals surface area (Å²) in [5, 5.41) is 12.9. The van der Waals surface area contributed by atoms with Crippen molar-refractivity contribution in [2.75, 3.05) is 13.1 Å². The highest BCUT2D eigenvalue weighted by Crippen LogP contribution is 2.23. The molecule has 4 heteroatoms. The third-order valence-electron chi connectivity index (χ3n) is 3.01. The van der Waals surface area contributed by atoms with Gasteiger partial charge in [-0.05, 0) is 19.4 Å². The highest BCUT2D eigenvalue weighted by molar-refractivity contribution is 5.02. The summed E-state index contributed by atoms with van der Waals surface area (Å²) in [6, 6.07) is 3.09. The van der Waals surface area contributed by atoms with E-state index in [-0.39, 0.29) is 0 Å². The zero-order valence-electron chi connectivity index (χ0n) is 9.22. The van der Waals surface area contributed by atoms with Gasteiger partial charge in [0.05, 0.1) is 24.7 Å². The Kier molecular flexibility index (Phi) is 2.74. The lowest BCUT2D eigenvalue weighted by Gasteiger charge is -2.42. The Balaban J connectivity index is 1.86. The summed E-state index contributed by atoms with van der Waals surface area (Å²) in [6.45, 7) is 6.19. The Morgan fingerprint density at radius 2 is 2.40 bits per heavy atom. The maximum absolute atomic E-state index is 8.60. The number of hydrogen-bond donors (Lipinski definition) is 0. The molecule has 0 aromatic carbocycles. The molecule has 1 aromatic heterocycles. The topological polar surface area (TPSA) is 44.9 Å². The molecule has 0 bridgehead atoms. The molecular formula is C11H16N4. The minimum absolute atomic E-state index is 0.378. The van der Waals surface area contributed by atoms with Gasteiger partial charge in [0, 0.05) is 25.3 Å². The average Bonchev–Trinajstić information content (AvgIpc) is 2.49. The van der Waals surface area contributed by atoms with Gasteiger partial charge in [-0.2, -0.15) is 10.4 Å². The standard InChI is InChI=1S/C11H16N4/c1-9-5-13-15(6-9)11-7-14(8-11)10(2)3-4-12/h5-6,10-11H,3,7-8H2,1-2H3. The van der Waals surface area contributed by atoms with Crippen molar-refractivity contribution >= 4 is 0 Å². The molecule has 1 aliphatic rings. The summed E-state index contributed by atoms with van der Waals surface area (Å²) in [4.78, 5) is 2.32. The summed E-state index contributed by atoms with van der Waals surface area (Å²) < 4.78 is 2.03. The molecule has 1 aliphatic heterocycles. The molecule has 4 nitrogen and oxygen atoms in total. The summed E-state index contributed by atoms with van der Waals surface area (Å²) in [7, 11) is 0. The molecule has 1 atom stereocenters. The Morgan fingerprint density at radius 3 is 2.93 bits per heavy atom. The Labute approximate surface area is 90.1 Å². The van der Waals surface area contributed by atoms with E-state index in [1.165, 1.54) is 5.56 Å². The van der Waals surface area contributed by atoms with E-state index in [1.807, 2.05) is 10.9 Å². The Morgan fingerprint density at radius 1 is 1.67 bits per heavy atom. The van der Waals surface area contributed by atoms with E-state index in [0.717, 1.165) is 13.1 Å². The Bertz CT molecular complexity index is 370. The molecule has 2 rings (SSSR count). The van der Waals surface area contributed by atoms with Crippen molar-refractivity contribution in [3.05, 3.63) is 18.0 Å². The second-order valence-corrected chi connectivity index (χ2v) is 4.32. The summed E-state index contributed by atoms with van der Waals surface area (Å²) >= 11 is 0. The number of aryl methyl sites for hydroxylation is 1. The minimum Gasteiger partial charge on any atom is -0.295 e. The smallest absolute Gasteiger partial charge is 0.0773 e. The number of hydrogen-bond acceptors (Lipinski definition) is 3. The second-order valence-electron chi connectivity index (χ2n) is 4.32. The number of likely N-dealkylation sites (tertiary alicyclic amines) is 1. The molecule has 0 saturated carbocycles. The zero-order chi connectivity index (χ0) is 10.8. The fourth-order valence-electron chi connectivity index (χ4n) is 1.91. The lowest BCUT2D eigenvalue weighted by Crippen LogP contribution is -2.51. The molecule has 0 aliphatic carbocycles. The number of nitriles is 1. The highest BCUT2D eigenvalue weighted by Gasteiger charge is 2.31. The van der Waals surface area contributed by atoms with Gasteiger partial charge < -0.3 is 0 Å². The van der Waals surface area contributed by atoms with Gasteiger partial charge in [0.25, 0.3) is 0 Å². The minimum atomic E-state index is 0.378. The molecule has 15 heavy (non-hydrogen) atoms. The van der Waals surface area contributed by atoms with E-state index < -0.39 is 0 Å². The molecule has 80 valence electrons. The first-order chi connectivity index (χ1) is 7.20. The number of rotatable bonds is 3. The molecule has 2 heterocycles. The lowest BCUT2D eigenvalue weighted by molar-refractivity contribution is 0.0618. The average molecular weight is 204 g/mol. The predicted molar refractivity (Wildman–Crippen MR) is 57.3 cm³/mol. The monoisotopic (exact) mass is 204 g/mol. The van der Waals surface area contributed by atoms with Gasteiger partial charge in [-0.15, -0.1) is 0 Å². The molecule has 0 N–H and O–H groups in total.